The maximum absolute atomic E-state index is 12.0. The van der Waals surface area contributed by atoms with Gasteiger partial charge in [-0.3, -0.25) is 4.79 Å². The van der Waals surface area contributed by atoms with Crippen molar-refractivity contribution in [2.24, 2.45) is 11.3 Å². The number of carboxylic acid groups (broad SMARTS) is 1. The summed E-state index contributed by atoms with van der Waals surface area (Å²) in [7, 11) is 0. The maximum atomic E-state index is 12.0. The van der Waals surface area contributed by atoms with Gasteiger partial charge in [0.2, 0.25) is 0 Å². The third-order valence-corrected chi connectivity index (χ3v) is 4.05. The molecule has 1 heterocycles. The Labute approximate surface area is 118 Å². The summed E-state index contributed by atoms with van der Waals surface area (Å²) < 4.78 is 5.23. The number of hydrogen-bond acceptors (Lipinski definition) is 3. The van der Waals surface area contributed by atoms with E-state index in [4.69, 9.17) is 4.74 Å². The SMILES string of the molecule is C[C@@H]1CN(C(=O)OCc2ccccc2)C[C@]1(C)C(=O)O. The van der Waals surface area contributed by atoms with Gasteiger partial charge in [-0.15, -0.1) is 0 Å². The monoisotopic (exact) mass is 277 g/mol. The van der Waals surface area contributed by atoms with Crippen molar-refractivity contribution >= 4 is 12.1 Å². The molecule has 1 saturated heterocycles. The molecule has 1 aliphatic heterocycles. The fourth-order valence-electron chi connectivity index (χ4n) is 2.38. The number of likely N-dealkylation sites (tertiary alicyclic amines) is 1. The van der Waals surface area contributed by atoms with E-state index >= 15 is 0 Å². The summed E-state index contributed by atoms with van der Waals surface area (Å²) in [5.41, 5.74) is 0.0141. The number of nitrogens with zero attached hydrogens (tertiary/aromatic N) is 1. The molecule has 0 unspecified atom stereocenters. The Bertz CT molecular complexity index is 502. The van der Waals surface area contributed by atoms with Gasteiger partial charge in [0, 0.05) is 13.1 Å². The number of benzene rings is 1. The van der Waals surface area contributed by atoms with Crippen LogP contribution in [0, 0.1) is 11.3 Å². The summed E-state index contributed by atoms with van der Waals surface area (Å²) in [6.07, 6.45) is -0.453. The van der Waals surface area contributed by atoms with E-state index in [1.807, 2.05) is 37.3 Å². The second-order valence-corrected chi connectivity index (χ2v) is 5.54. The zero-order chi connectivity index (χ0) is 14.8. The van der Waals surface area contributed by atoms with Crippen molar-refractivity contribution < 1.29 is 19.4 Å². The topological polar surface area (TPSA) is 66.8 Å². The summed E-state index contributed by atoms with van der Waals surface area (Å²) in [6.45, 7) is 4.32. The van der Waals surface area contributed by atoms with Crippen LogP contribution in [0.2, 0.25) is 0 Å². The van der Waals surface area contributed by atoms with Crippen LogP contribution < -0.4 is 0 Å². The van der Waals surface area contributed by atoms with Gasteiger partial charge in [-0.05, 0) is 18.4 Å². The van der Waals surface area contributed by atoms with Gasteiger partial charge >= 0.3 is 12.1 Å². The van der Waals surface area contributed by atoms with Crippen molar-refractivity contribution in [1.82, 2.24) is 4.90 Å². The average Bonchev–Trinajstić information content (AvgIpc) is 2.75. The molecule has 0 spiro atoms. The first-order valence-corrected chi connectivity index (χ1v) is 6.62. The Morgan fingerprint density at radius 3 is 2.60 bits per heavy atom. The molecule has 0 aliphatic carbocycles. The molecule has 0 radical (unpaired) electrons. The number of carbonyl (C=O) groups excluding carboxylic acids is 1. The second-order valence-electron chi connectivity index (χ2n) is 5.54. The number of carboxylic acids is 1. The van der Waals surface area contributed by atoms with Gasteiger partial charge in [0.05, 0.1) is 5.41 Å². The molecule has 108 valence electrons. The lowest BCUT2D eigenvalue weighted by molar-refractivity contribution is -0.148. The third kappa shape index (κ3) is 2.76. The van der Waals surface area contributed by atoms with Gasteiger partial charge in [-0.1, -0.05) is 37.3 Å². The quantitative estimate of drug-likeness (QED) is 0.921. The molecule has 0 aromatic heterocycles. The minimum Gasteiger partial charge on any atom is -0.481 e. The van der Waals surface area contributed by atoms with Crippen LogP contribution in [-0.2, 0) is 16.1 Å². The van der Waals surface area contributed by atoms with Crippen molar-refractivity contribution in [1.29, 1.82) is 0 Å². The predicted octanol–water partition coefficient (Wildman–Crippen LogP) is 2.37. The van der Waals surface area contributed by atoms with Crippen LogP contribution in [0.4, 0.5) is 4.79 Å². The van der Waals surface area contributed by atoms with Crippen LogP contribution in [0.3, 0.4) is 0 Å². The van der Waals surface area contributed by atoms with E-state index in [0.29, 0.717) is 6.54 Å². The molecule has 0 saturated carbocycles. The Morgan fingerprint density at radius 1 is 1.40 bits per heavy atom. The number of carbonyl (C=O) groups is 2. The van der Waals surface area contributed by atoms with Crippen LogP contribution >= 0.6 is 0 Å². The van der Waals surface area contributed by atoms with Crippen LogP contribution in [-0.4, -0.2) is 35.2 Å². The minimum absolute atomic E-state index is 0.0933. The molecular weight excluding hydrogens is 258 g/mol. The number of hydrogen-bond donors (Lipinski definition) is 1. The molecule has 1 N–H and O–H groups in total. The van der Waals surface area contributed by atoms with Gasteiger partial charge < -0.3 is 14.7 Å². The van der Waals surface area contributed by atoms with E-state index in [1.54, 1.807) is 6.92 Å². The van der Waals surface area contributed by atoms with E-state index in [-0.39, 0.29) is 19.1 Å². The van der Waals surface area contributed by atoms with E-state index < -0.39 is 17.5 Å². The van der Waals surface area contributed by atoms with Crippen molar-refractivity contribution in [2.75, 3.05) is 13.1 Å². The Balaban J connectivity index is 1.93. The van der Waals surface area contributed by atoms with Gasteiger partial charge in [-0.2, -0.15) is 0 Å². The predicted molar refractivity (Wildman–Crippen MR) is 73.1 cm³/mol. The molecule has 1 fully saturated rings. The summed E-state index contributed by atoms with van der Waals surface area (Å²) in [5.74, 6) is -0.965. The maximum Gasteiger partial charge on any atom is 0.410 e. The first-order chi connectivity index (χ1) is 9.43. The molecule has 1 aromatic carbocycles. The highest BCUT2D eigenvalue weighted by Gasteiger charge is 2.48. The number of rotatable bonds is 3. The van der Waals surface area contributed by atoms with Crippen molar-refractivity contribution in [3.05, 3.63) is 35.9 Å². The Kier molecular flexibility index (Phi) is 3.97. The van der Waals surface area contributed by atoms with Crippen molar-refractivity contribution in [3.8, 4) is 0 Å². The van der Waals surface area contributed by atoms with Gasteiger partial charge in [0.1, 0.15) is 6.61 Å². The fraction of sp³-hybridized carbons (Fsp3) is 0.467. The zero-order valence-corrected chi connectivity index (χ0v) is 11.7. The number of amides is 1. The molecule has 0 bridgehead atoms. The summed E-state index contributed by atoms with van der Waals surface area (Å²) in [5, 5.41) is 9.27. The van der Waals surface area contributed by atoms with Crippen molar-refractivity contribution in [2.45, 2.75) is 20.5 Å². The van der Waals surface area contributed by atoms with E-state index in [0.717, 1.165) is 5.56 Å². The lowest BCUT2D eigenvalue weighted by Crippen LogP contribution is -2.36. The average molecular weight is 277 g/mol. The molecule has 5 nitrogen and oxygen atoms in total. The largest absolute Gasteiger partial charge is 0.481 e. The van der Waals surface area contributed by atoms with E-state index in [2.05, 4.69) is 0 Å². The highest BCUT2D eigenvalue weighted by atomic mass is 16.6. The first kappa shape index (κ1) is 14.4. The number of ether oxygens (including phenoxy) is 1. The smallest absolute Gasteiger partial charge is 0.410 e. The molecule has 2 atom stereocenters. The van der Waals surface area contributed by atoms with Gasteiger partial charge in [0.15, 0.2) is 0 Å². The summed E-state index contributed by atoms with van der Waals surface area (Å²) >= 11 is 0. The molecular formula is C15H19NO4. The Hall–Kier alpha value is -2.04. The summed E-state index contributed by atoms with van der Waals surface area (Å²) in [6, 6.07) is 9.40. The highest BCUT2D eigenvalue weighted by molar-refractivity contribution is 5.77. The van der Waals surface area contributed by atoms with Crippen molar-refractivity contribution in [3.63, 3.8) is 0 Å². The Morgan fingerprint density at radius 2 is 2.05 bits per heavy atom. The standard InChI is InChI=1S/C15H19NO4/c1-11-8-16(10-15(11,2)13(17)18)14(19)20-9-12-6-4-3-5-7-12/h3-7,11H,8-10H2,1-2H3,(H,17,18)/t11-,15+/m1/s1. The first-order valence-electron chi connectivity index (χ1n) is 6.62. The minimum atomic E-state index is -0.897. The lowest BCUT2D eigenvalue weighted by Gasteiger charge is -2.22. The zero-order valence-electron chi connectivity index (χ0n) is 11.7. The molecule has 5 heteroatoms. The molecule has 20 heavy (non-hydrogen) atoms. The molecule has 1 aromatic rings. The van der Waals surface area contributed by atoms with Crippen LogP contribution in [0.5, 0.6) is 0 Å². The van der Waals surface area contributed by atoms with E-state index in [1.165, 1.54) is 4.90 Å². The lowest BCUT2D eigenvalue weighted by atomic mass is 9.81. The van der Waals surface area contributed by atoms with Gasteiger partial charge in [-0.25, -0.2) is 4.79 Å². The third-order valence-electron chi connectivity index (χ3n) is 4.05. The number of aliphatic carboxylic acids is 1. The van der Waals surface area contributed by atoms with Crippen LogP contribution in [0.25, 0.3) is 0 Å². The van der Waals surface area contributed by atoms with Gasteiger partial charge in [0.25, 0.3) is 0 Å². The second kappa shape index (κ2) is 5.53. The molecule has 1 aliphatic rings. The fourth-order valence-corrected chi connectivity index (χ4v) is 2.38. The highest BCUT2D eigenvalue weighted by Crippen LogP contribution is 2.35. The molecule has 1 amide bonds. The van der Waals surface area contributed by atoms with Crippen LogP contribution in [0.1, 0.15) is 19.4 Å². The van der Waals surface area contributed by atoms with E-state index in [9.17, 15) is 14.7 Å². The molecule has 2 rings (SSSR count). The summed E-state index contributed by atoms with van der Waals surface area (Å²) in [4.78, 5) is 24.8. The normalized spacial score (nSPS) is 25.5. The van der Waals surface area contributed by atoms with Crippen LogP contribution in [0.15, 0.2) is 30.3 Å².